The van der Waals surface area contributed by atoms with Crippen molar-refractivity contribution in [2.24, 2.45) is 0 Å². The normalized spacial score (nSPS) is 14.8. The van der Waals surface area contributed by atoms with Crippen molar-refractivity contribution < 1.29 is 19.1 Å². The van der Waals surface area contributed by atoms with Gasteiger partial charge >= 0.3 is 5.97 Å². The van der Waals surface area contributed by atoms with Crippen molar-refractivity contribution >= 4 is 35.3 Å². The van der Waals surface area contributed by atoms with E-state index in [0.29, 0.717) is 22.6 Å². The molecule has 7 nitrogen and oxygen atoms in total. The molecule has 1 heterocycles. The van der Waals surface area contributed by atoms with E-state index >= 15 is 0 Å². The van der Waals surface area contributed by atoms with Gasteiger partial charge in [-0.05, 0) is 30.4 Å². The number of amides is 1. The second kappa shape index (κ2) is 9.20. The number of thiocarbonyl (C=S) groups is 1. The van der Waals surface area contributed by atoms with Crippen molar-refractivity contribution in [1.29, 1.82) is 5.26 Å². The Hall–Kier alpha value is -3.70. The number of esters is 1. The Morgan fingerprint density at radius 1 is 1.20 bits per heavy atom. The number of methoxy groups -OCH3 is 1. The standard InChI is InChI=1S/C22H19N3O4S/c1-24-18(21(27)25(22(24)30)13-20(26)28-2)11-15-7-5-6-10-19(15)29-14-17-9-4-3-8-16(17)12-23/h3-11H,13-14H2,1-2H3/b18-11-. The first kappa shape index (κ1) is 21.0. The molecule has 30 heavy (non-hydrogen) atoms. The Morgan fingerprint density at radius 2 is 1.90 bits per heavy atom. The molecule has 0 aromatic heterocycles. The first-order chi connectivity index (χ1) is 14.5. The van der Waals surface area contributed by atoms with E-state index in [1.54, 1.807) is 36.2 Å². The van der Waals surface area contributed by atoms with Crippen LogP contribution in [0.1, 0.15) is 16.7 Å². The van der Waals surface area contributed by atoms with Crippen molar-refractivity contribution in [3.05, 3.63) is 70.9 Å². The Bertz CT molecular complexity index is 1070. The summed E-state index contributed by atoms with van der Waals surface area (Å²) in [7, 11) is 2.92. The van der Waals surface area contributed by atoms with Crippen molar-refractivity contribution in [3.8, 4) is 11.8 Å². The Labute approximate surface area is 179 Å². The molecule has 0 aliphatic carbocycles. The molecular weight excluding hydrogens is 402 g/mol. The molecule has 0 N–H and O–H groups in total. The lowest BCUT2D eigenvalue weighted by molar-refractivity contribution is -0.143. The van der Waals surface area contributed by atoms with Crippen LogP contribution in [0.5, 0.6) is 5.75 Å². The summed E-state index contributed by atoms with van der Waals surface area (Å²) in [5, 5.41) is 9.46. The molecule has 0 radical (unpaired) electrons. The van der Waals surface area contributed by atoms with Crippen LogP contribution < -0.4 is 4.74 Å². The number of para-hydroxylation sites is 1. The van der Waals surface area contributed by atoms with Gasteiger partial charge in [0.25, 0.3) is 5.91 Å². The van der Waals surface area contributed by atoms with Crippen LogP contribution in [0.25, 0.3) is 6.08 Å². The highest BCUT2D eigenvalue weighted by Gasteiger charge is 2.37. The summed E-state index contributed by atoms with van der Waals surface area (Å²) in [5.41, 5.74) is 2.30. The highest BCUT2D eigenvalue weighted by Crippen LogP contribution is 2.27. The number of benzene rings is 2. The summed E-state index contributed by atoms with van der Waals surface area (Å²) in [4.78, 5) is 27.1. The molecule has 3 rings (SSSR count). The van der Waals surface area contributed by atoms with Crippen LogP contribution in [0.15, 0.2) is 54.2 Å². The predicted octanol–water partition coefficient (Wildman–Crippen LogP) is 2.71. The third-order valence-corrected chi connectivity index (χ3v) is 5.08. The van der Waals surface area contributed by atoms with Crippen LogP contribution >= 0.6 is 12.2 Å². The molecule has 0 unspecified atom stereocenters. The molecule has 0 saturated carbocycles. The van der Waals surface area contributed by atoms with Crippen LogP contribution in [0, 0.1) is 11.3 Å². The molecule has 1 aliphatic rings. The van der Waals surface area contributed by atoms with Gasteiger partial charge in [-0.15, -0.1) is 0 Å². The van der Waals surface area contributed by atoms with Gasteiger partial charge in [-0.3, -0.25) is 14.5 Å². The third kappa shape index (κ3) is 4.31. The average molecular weight is 421 g/mol. The van der Waals surface area contributed by atoms with Gasteiger partial charge in [0.2, 0.25) is 0 Å². The van der Waals surface area contributed by atoms with Crippen molar-refractivity contribution in [2.45, 2.75) is 6.61 Å². The number of carbonyl (C=O) groups excluding carboxylic acids is 2. The molecule has 1 saturated heterocycles. The van der Waals surface area contributed by atoms with Gasteiger partial charge in [0.05, 0.1) is 18.7 Å². The molecule has 1 amide bonds. The lowest BCUT2D eigenvalue weighted by Gasteiger charge is -2.14. The maximum Gasteiger partial charge on any atom is 0.325 e. The van der Waals surface area contributed by atoms with Gasteiger partial charge in [0, 0.05) is 18.2 Å². The van der Waals surface area contributed by atoms with Gasteiger partial charge in [-0.2, -0.15) is 5.26 Å². The van der Waals surface area contributed by atoms with E-state index in [-0.39, 0.29) is 18.3 Å². The van der Waals surface area contributed by atoms with Crippen LogP contribution in [-0.4, -0.2) is 47.5 Å². The summed E-state index contributed by atoms with van der Waals surface area (Å²) in [5.74, 6) is -0.394. The maximum absolute atomic E-state index is 12.8. The SMILES string of the molecule is COC(=O)CN1C(=O)/C(=C/c2ccccc2OCc2ccccc2C#N)N(C)C1=S. The molecule has 1 fully saturated rings. The van der Waals surface area contributed by atoms with Gasteiger partial charge in [-0.1, -0.05) is 36.4 Å². The fourth-order valence-corrected chi connectivity index (χ4v) is 3.18. The zero-order valence-electron chi connectivity index (χ0n) is 16.5. The van der Waals surface area contributed by atoms with E-state index in [0.717, 1.165) is 5.56 Å². The summed E-state index contributed by atoms with van der Waals surface area (Å²) in [6, 6.07) is 16.6. The first-order valence-corrected chi connectivity index (χ1v) is 9.45. The molecule has 8 heteroatoms. The van der Waals surface area contributed by atoms with Crippen molar-refractivity contribution in [3.63, 3.8) is 0 Å². The molecule has 1 aliphatic heterocycles. The van der Waals surface area contributed by atoms with Crippen molar-refractivity contribution in [2.75, 3.05) is 20.7 Å². The summed E-state index contributed by atoms with van der Waals surface area (Å²) < 4.78 is 10.6. The highest BCUT2D eigenvalue weighted by atomic mass is 32.1. The summed E-state index contributed by atoms with van der Waals surface area (Å²) >= 11 is 5.30. The van der Waals surface area contributed by atoms with Gasteiger partial charge in [-0.25, -0.2) is 0 Å². The molecule has 0 spiro atoms. The third-order valence-electron chi connectivity index (χ3n) is 4.59. The number of nitriles is 1. The van der Waals surface area contributed by atoms with Crippen LogP contribution in [0.2, 0.25) is 0 Å². The first-order valence-electron chi connectivity index (χ1n) is 9.04. The van der Waals surface area contributed by atoms with Gasteiger partial charge < -0.3 is 14.4 Å². The topological polar surface area (TPSA) is 82.9 Å². The molecular formula is C22H19N3O4S. The number of nitrogens with zero attached hydrogens (tertiary/aromatic N) is 3. The fourth-order valence-electron chi connectivity index (χ4n) is 2.93. The Balaban J connectivity index is 1.86. The smallest absolute Gasteiger partial charge is 0.325 e. The predicted molar refractivity (Wildman–Crippen MR) is 114 cm³/mol. The lowest BCUT2D eigenvalue weighted by Crippen LogP contribution is -2.36. The monoisotopic (exact) mass is 421 g/mol. The van der Waals surface area contributed by atoms with Gasteiger partial charge in [0.15, 0.2) is 5.11 Å². The molecule has 0 atom stereocenters. The van der Waals surface area contributed by atoms with Crippen LogP contribution in [0.4, 0.5) is 0 Å². The minimum absolute atomic E-state index is 0.209. The summed E-state index contributed by atoms with van der Waals surface area (Å²) in [6.07, 6.45) is 1.66. The molecule has 152 valence electrons. The Morgan fingerprint density at radius 3 is 2.63 bits per heavy atom. The number of rotatable bonds is 6. The lowest BCUT2D eigenvalue weighted by atomic mass is 10.1. The second-order valence-electron chi connectivity index (χ2n) is 6.43. The molecule has 0 bridgehead atoms. The molecule has 2 aromatic rings. The largest absolute Gasteiger partial charge is 0.488 e. The zero-order chi connectivity index (χ0) is 21.7. The highest BCUT2D eigenvalue weighted by molar-refractivity contribution is 7.80. The second-order valence-corrected chi connectivity index (χ2v) is 6.80. The number of hydrogen-bond donors (Lipinski definition) is 0. The van der Waals surface area contributed by atoms with Crippen LogP contribution in [0.3, 0.4) is 0 Å². The van der Waals surface area contributed by atoms with Gasteiger partial charge in [0.1, 0.15) is 24.6 Å². The quantitative estimate of drug-likeness (QED) is 0.403. The number of ether oxygens (including phenoxy) is 2. The molecule has 2 aromatic carbocycles. The van der Waals surface area contributed by atoms with E-state index in [1.807, 2.05) is 30.3 Å². The van der Waals surface area contributed by atoms with E-state index in [4.69, 9.17) is 17.0 Å². The number of likely N-dealkylation sites (N-methyl/N-ethyl adjacent to an activating group) is 1. The van der Waals surface area contributed by atoms with E-state index in [9.17, 15) is 14.9 Å². The fraction of sp³-hybridized carbons (Fsp3) is 0.182. The summed E-state index contributed by atoms with van der Waals surface area (Å²) in [6.45, 7) is -0.0421. The zero-order valence-corrected chi connectivity index (χ0v) is 17.3. The minimum atomic E-state index is -0.555. The number of carbonyl (C=O) groups is 2. The minimum Gasteiger partial charge on any atom is -0.488 e. The average Bonchev–Trinajstić information content (AvgIpc) is 2.96. The van der Waals surface area contributed by atoms with E-state index < -0.39 is 11.9 Å². The van der Waals surface area contributed by atoms with E-state index in [1.165, 1.54) is 12.0 Å². The van der Waals surface area contributed by atoms with E-state index in [2.05, 4.69) is 10.8 Å². The Kier molecular flexibility index (Phi) is 6.45. The van der Waals surface area contributed by atoms with Crippen molar-refractivity contribution in [1.82, 2.24) is 9.80 Å². The van der Waals surface area contributed by atoms with Crippen LogP contribution in [-0.2, 0) is 20.9 Å². The number of hydrogen-bond acceptors (Lipinski definition) is 6. The maximum atomic E-state index is 12.8.